The molecule has 4 heteroatoms. The number of fused-ring (bicyclic) bond motifs is 1. The highest BCUT2D eigenvalue weighted by molar-refractivity contribution is 6.20. The molecule has 2 aromatic rings. The van der Waals surface area contributed by atoms with Gasteiger partial charge >= 0.3 is 0 Å². The van der Waals surface area contributed by atoms with Gasteiger partial charge in [0.25, 0.3) is 0 Å². The van der Waals surface area contributed by atoms with Crippen LogP contribution in [0.5, 0.6) is 0 Å². The number of hydrogen-bond acceptors (Lipinski definition) is 2. The van der Waals surface area contributed by atoms with Gasteiger partial charge in [-0.2, -0.15) is 0 Å². The maximum absolute atomic E-state index is 6.26. The summed E-state index contributed by atoms with van der Waals surface area (Å²) in [6.45, 7) is 4.64. The van der Waals surface area contributed by atoms with Crippen LogP contribution in [0.25, 0.3) is 11.0 Å². The fourth-order valence-corrected chi connectivity index (χ4v) is 2.66. The third-order valence-corrected chi connectivity index (χ3v) is 3.96. The molecule has 1 saturated carbocycles. The molecule has 1 unspecified atom stereocenters. The van der Waals surface area contributed by atoms with E-state index in [1.165, 1.54) is 12.8 Å². The Bertz CT molecular complexity index is 575. The SMILES string of the molecule is CC(Cl)c1nc2ccccc2n1CCCOCC1CC1. The lowest BCUT2D eigenvalue weighted by Crippen LogP contribution is -2.08. The maximum atomic E-state index is 6.26. The van der Waals surface area contributed by atoms with Gasteiger partial charge in [0.15, 0.2) is 0 Å². The van der Waals surface area contributed by atoms with E-state index in [1.807, 2.05) is 25.1 Å². The monoisotopic (exact) mass is 292 g/mol. The normalized spacial score (nSPS) is 16.7. The first kappa shape index (κ1) is 13.9. The van der Waals surface area contributed by atoms with Gasteiger partial charge in [-0.3, -0.25) is 0 Å². The molecule has 1 atom stereocenters. The van der Waals surface area contributed by atoms with Crippen molar-refractivity contribution in [2.75, 3.05) is 13.2 Å². The summed E-state index contributed by atoms with van der Waals surface area (Å²) in [7, 11) is 0. The van der Waals surface area contributed by atoms with Gasteiger partial charge in [-0.1, -0.05) is 12.1 Å². The molecular formula is C16H21ClN2O. The predicted molar refractivity (Wildman–Crippen MR) is 82.2 cm³/mol. The second-order valence-electron chi connectivity index (χ2n) is 5.60. The van der Waals surface area contributed by atoms with Crippen LogP contribution in [0.2, 0.25) is 0 Å². The van der Waals surface area contributed by atoms with E-state index in [2.05, 4.69) is 15.6 Å². The summed E-state index contributed by atoms with van der Waals surface area (Å²) in [5.74, 6) is 1.79. The number of imidazole rings is 1. The number of benzene rings is 1. The highest BCUT2D eigenvalue weighted by Crippen LogP contribution is 2.29. The van der Waals surface area contributed by atoms with Gasteiger partial charge in [0.1, 0.15) is 5.82 Å². The summed E-state index contributed by atoms with van der Waals surface area (Å²) in [6, 6.07) is 8.21. The molecule has 3 nitrogen and oxygen atoms in total. The highest BCUT2D eigenvalue weighted by Gasteiger charge is 2.21. The van der Waals surface area contributed by atoms with Gasteiger partial charge in [0.2, 0.25) is 0 Å². The number of rotatable bonds is 7. The molecule has 1 aromatic heterocycles. The van der Waals surface area contributed by atoms with Crippen molar-refractivity contribution in [2.45, 2.75) is 38.1 Å². The third-order valence-electron chi connectivity index (χ3n) is 3.76. The smallest absolute Gasteiger partial charge is 0.127 e. The molecule has 0 amide bonds. The molecular weight excluding hydrogens is 272 g/mol. The van der Waals surface area contributed by atoms with E-state index >= 15 is 0 Å². The number of para-hydroxylation sites is 2. The van der Waals surface area contributed by atoms with Gasteiger partial charge in [0, 0.05) is 19.8 Å². The van der Waals surface area contributed by atoms with Crippen LogP contribution in [-0.4, -0.2) is 22.8 Å². The third kappa shape index (κ3) is 3.15. The Morgan fingerprint density at radius 2 is 2.20 bits per heavy atom. The largest absolute Gasteiger partial charge is 0.381 e. The summed E-state index contributed by atoms with van der Waals surface area (Å²) in [4.78, 5) is 4.64. The van der Waals surface area contributed by atoms with E-state index in [1.54, 1.807) is 0 Å². The molecule has 3 rings (SSSR count). The molecule has 0 bridgehead atoms. The Kier molecular flexibility index (Phi) is 4.27. The Labute approximate surface area is 124 Å². The van der Waals surface area contributed by atoms with E-state index in [0.717, 1.165) is 49.0 Å². The fraction of sp³-hybridized carbons (Fsp3) is 0.562. The summed E-state index contributed by atoms with van der Waals surface area (Å²) in [6.07, 6.45) is 3.70. The molecule has 1 heterocycles. The zero-order valence-electron chi connectivity index (χ0n) is 11.9. The van der Waals surface area contributed by atoms with Crippen molar-refractivity contribution in [3.63, 3.8) is 0 Å². The van der Waals surface area contributed by atoms with Crippen LogP contribution < -0.4 is 0 Å². The van der Waals surface area contributed by atoms with Crippen molar-refractivity contribution in [2.24, 2.45) is 5.92 Å². The minimum atomic E-state index is -0.0743. The Morgan fingerprint density at radius 3 is 2.95 bits per heavy atom. The Balaban J connectivity index is 1.66. The standard InChI is InChI=1S/C16H21ClN2O/c1-12(17)16-18-14-5-2-3-6-15(14)19(16)9-4-10-20-11-13-7-8-13/h2-3,5-6,12-13H,4,7-11H2,1H3. The van der Waals surface area contributed by atoms with E-state index in [4.69, 9.17) is 16.3 Å². The first-order chi connectivity index (χ1) is 9.75. The Hall–Kier alpha value is -1.06. The van der Waals surface area contributed by atoms with Crippen LogP contribution in [0.1, 0.15) is 37.4 Å². The number of halogens is 1. The quantitative estimate of drug-likeness (QED) is 0.566. The summed E-state index contributed by atoms with van der Waals surface area (Å²) in [5.41, 5.74) is 2.19. The second kappa shape index (κ2) is 6.15. The van der Waals surface area contributed by atoms with Crippen molar-refractivity contribution >= 4 is 22.6 Å². The van der Waals surface area contributed by atoms with E-state index < -0.39 is 0 Å². The lowest BCUT2D eigenvalue weighted by Gasteiger charge is -2.10. The maximum Gasteiger partial charge on any atom is 0.127 e. The number of alkyl halides is 1. The molecule has 1 fully saturated rings. The van der Waals surface area contributed by atoms with Crippen LogP contribution >= 0.6 is 11.6 Å². The molecule has 1 aliphatic rings. The van der Waals surface area contributed by atoms with Crippen LogP contribution in [0, 0.1) is 5.92 Å². The minimum Gasteiger partial charge on any atom is -0.381 e. The number of hydrogen-bond donors (Lipinski definition) is 0. The van der Waals surface area contributed by atoms with Crippen molar-refractivity contribution in [1.29, 1.82) is 0 Å². The molecule has 0 N–H and O–H groups in total. The average molecular weight is 293 g/mol. The summed E-state index contributed by atoms with van der Waals surface area (Å²) >= 11 is 6.26. The molecule has 1 aliphatic carbocycles. The topological polar surface area (TPSA) is 27.1 Å². The number of nitrogens with zero attached hydrogens (tertiary/aromatic N) is 2. The van der Waals surface area contributed by atoms with Crippen LogP contribution in [0.4, 0.5) is 0 Å². The molecule has 1 aromatic carbocycles. The van der Waals surface area contributed by atoms with Gasteiger partial charge in [0.05, 0.1) is 16.4 Å². The van der Waals surface area contributed by atoms with Crippen molar-refractivity contribution < 1.29 is 4.74 Å². The van der Waals surface area contributed by atoms with Gasteiger partial charge in [-0.25, -0.2) is 4.98 Å². The molecule has 0 aliphatic heterocycles. The Morgan fingerprint density at radius 1 is 1.40 bits per heavy atom. The van der Waals surface area contributed by atoms with Gasteiger partial charge in [-0.15, -0.1) is 11.6 Å². The first-order valence-corrected chi connectivity index (χ1v) is 7.86. The zero-order valence-corrected chi connectivity index (χ0v) is 12.6. The van der Waals surface area contributed by atoms with Crippen molar-refractivity contribution in [1.82, 2.24) is 9.55 Å². The second-order valence-corrected chi connectivity index (χ2v) is 6.25. The van der Waals surface area contributed by atoms with Crippen molar-refractivity contribution in [3.8, 4) is 0 Å². The molecule has 108 valence electrons. The minimum absolute atomic E-state index is 0.0743. The summed E-state index contributed by atoms with van der Waals surface area (Å²) in [5, 5.41) is -0.0743. The fourth-order valence-electron chi connectivity index (χ4n) is 2.49. The van der Waals surface area contributed by atoms with Gasteiger partial charge in [-0.05, 0) is 44.2 Å². The molecule has 20 heavy (non-hydrogen) atoms. The molecule has 0 radical (unpaired) electrons. The van der Waals surface area contributed by atoms with Crippen LogP contribution in [0.15, 0.2) is 24.3 Å². The van der Waals surface area contributed by atoms with Gasteiger partial charge < -0.3 is 9.30 Å². The predicted octanol–water partition coefficient (Wildman–Crippen LogP) is 4.15. The molecule has 0 saturated heterocycles. The van der Waals surface area contributed by atoms with Crippen LogP contribution in [0.3, 0.4) is 0 Å². The van der Waals surface area contributed by atoms with E-state index in [-0.39, 0.29) is 5.38 Å². The zero-order chi connectivity index (χ0) is 13.9. The first-order valence-electron chi connectivity index (χ1n) is 7.42. The average Bonchev–Trinajstić information content (AvgIpc) is 3.19. The van der Waals surface area contributed by atoms with Crippen molar-refractivity contribution in [3.05, 3.63) is 30.1 Å². The lowest BCUT2D eigenvalue weighted by molar-refractivity contribution is 0.119. The van der Waals surface area contributed by atoms with E-state index in [0.29, 0.717) is 0 Å². The van der Waals surface area contributed by atoms with Crippen LogP contribution in [-0.2, 0) is 11.3 Å². The lowest BCUT2D eigenvalue weighted by atomic mass is 10.3. The number of aryl methyl sites for hydroxylation is 1. The number of ether oxygens (including phenoxy) is 1. The summed E-state index contributed by atoms with van der Waals surface area (Å²) < 4.78 is 7.93. The number of aromatic nitrogens is 2. The highest BCUT2D eigenvalue weighted by atomic mass is 35.5. The van der Waals surface area contributed by atoms with E-state index in [9.17, 15) is 0 Å². The molecule has 0 spiro atoms.